The summed E-state index contributed by atoms with van der Waals surface area (Å²) in [5, 5.41) is 2.37. The molecule has 1 heteroatoms. The molecule has 0 radical (unpaired) electrons. The predicted octanol–water partition coefficient (Wildman–Crippen LogP) is 5.82. The zero-order valence-electron chi connectivity index (χ0n) is 11.7. The van der Waals surface area contributed by atoms with Crippen molar-refractivity contribution in [1.29, 1.82) is 0 Å². The molecule has 1 unspecified atom stereocenters. The molecule has 0 aliphatic carbocycles. The molecule has 20 heavy (non-hydrogen) atoms. The van der Waals surface area contributed by atoms with Crippen molar-refractivity contribution in [3.63, 3.8) is 0 Å². The van der Waals surface area contributed by atoms with E-state index in [1.165, 1.54) is 16.3 Å². The van der Waals surface area contributed by atoms with Crippen LogP contribution in [0, 0.1) is 0 Å². The Labute approximate surface area is 119 Å². The van der Waals surface area contributed by atoms with Gasteiger partial charge in [-0.15, -0.1) is 6.58 Å². The Balaban J connectivity index is 2.17. The van der Waals surface area contributed by atoms with Gasteiger partial charge in [0.25, 0.3) is 0 Å². The molecule has 3 rings (SSSR count). The monoisotopic (exact) mass is 262 g/mol. The molecule has 0 bridgehead atoms. The molecule has 1 aromatic heterocycles. The highest BCUT2D eigenvalue weighted by Crippen LogP contribution is 2.32. The van der Waals surface area contributed by atoms with Crippen molar-refractivity contribution in [1.82, 2.24) is 0 Å². The first kappa shape index (κ1) is 12.7. The van der Waals surface area contributed by atoms with Gasteiger partial charge in [-0.1, -0.05) is 42.5 Å². The SMILES string of the molecule is C=CCC(/C=C\C)c1ccc2oc3ccccc3c2c1. The molecule has 0 aliphatic heterocycles. The average molecular weight is 262 g/mol. The van der Waals surface area contributed by atoms with Crippen LogP contribution in [0.4, 0.5) is 0 Å². The van der Waals surface area contributed by atoms with Gasteiger partial charge in [0.05, 0.1) is 0 Å². The minimum absolute atomic E-state index is 0.385. The Kier molecular flexibility index (Phi) is 3.42. The Morgan fingerprint density at radius 3 is 2.70 bits per heavy atom. The first-order valence-corrected chi connectivity index (χ1v) is 6.98. The number of para-hydroxylation sites is 1. The topological polar surface area (TPSA) is 13.1 Å². The lowest BCUT2D eigenvalue weighted by molar-refractivity contribution is 0.668. The molecule has 1 nitrogen and oxygen atoms in total. The second kappa shape index (κ2) is 5.38. The molecule has 0 N–H and O–H groups in total. The van der Waals surface area contributed by atoms with Gasteiger partial charge in [-0.05, 0) is 37.1 Å². The van der Waals surface area contributed by atoms with E-state index in [1.807, 2.05) is 18.2 Å². The van der Waals surface area contributed by atoms with E-state index in [1.54, 1.807) is 0 Å². The number of fused-ring (bicyclic) bond motifs is 3. The number of rotatable bonds is 4. The van der Waals surface area contributed by atoms with E-state index in [0.717, 1.165) is 17.6 Å². The summed E-state index contributed by atoms with van der Waals surface area (Å²) < 4.78 is 5.87. The van der Waals surface area contributed by atoms with Crippen molar-refractivity contribution >= 4 is 21.9 Å². The molecule has 1 atom stereocenters. The van der Waals surface area contributed by atoms with Crippen molar-refractivity contribution in [3.8, 4) is 0 Å². The molecule has 0 saturated carbocycles. The van der Waals surface area contributed by atoms with E-state index in [9.17, 15) is 0 Å². The fourth-order valence-electron chi connectivity index (χ4n) is 2.71. The van der Waals surface area contributed by atoms with Crippen LogP contribution in [0.25, 0.3) is 21.9 Å². The molecule has 2 aromatic carbocycles. The molecule has 3 aromatic rings. The van der Waals surface area contributed by atoms with Gasteiger partial charge < -0.3 is 4.42 Å². The molecule has 0 fully saturated rings. The van der Waals surface area contributed by atoms with Crippen LogP contribution in [-0.4, -0.2) is 0 Å². The average Bonchev–Trinajstić information content (AvgIpc) is 2.85. The quantitative estimate of drug-likeness (QED) is 0.540. The summed E-state index contributed by atoms with van der Waals surface area (Å²) in [7, 11) is 0. The normalized spacial score (nSPS) is 13.2. The van der Waals surface area contributed by atoms with Gasteiger partial charge in [0.15, 0.2) is 0 Å². The van der Waals surface area contributed by atoms with Crippen molar-refractivity contribution in [2.45, 2.75) is 19.3 Å². The van der Waals surface area contributed by atoms with Gasteiger partial charge in [0.1, 0.15) is 11.2 Å². The van der Waals surface area contributed by atoms with Crippen LogP contribution >= 0.6 is 0 Å². The zero-order chi connectivity index (χ0) is 13.9. The molecule has 0 aliphatic rings. The smallest absolute Gasteiger partial charge is 0.135 e. The fourth-order valence-corrected chi connectivity index (χ4v) is 2.71. The number of hydrogen-bond acceptors (Lipinski definition) is 1. The zero-order valence-corrected chi connectivity index (χ0v) is 11.7. The third kappa shape index (κ3) is 2.16. The summed E-state index contributed by atoms with van der Waals surface area (Å²) in [6, 6.07) is 14.7. The van der Waals surface area contributed by atoms with Gasteiger partial charge in [-0.2, -0.15) is 0 Å². The lowest BCUT2D eigenvalue weighted by Crippen LogP contribution is -1.93. The third-order valence-electron chi connectivity index (χ3n) is 3.67. The standard InChI is InChI=1S/C19H18O/c1-3-7-14(8-4-2)15-11-12-19-17(13-15)16-9-5-6-10-18(16)20-19/h3-6,8-14H,1,7H2,2H3/b8-4-. The molecule has 1 heterocycles. The second-order valence-electron chi connectivity index (χ2n) is 5.01. The van der Waals surface area contributed by atoms with Crippen molar-refractivity contribution < 1.29 is 4.42 Å². The number of hydrogen-bond donors (Lipinski definition) is 0. The van der Waals surface area contributed by atoms with Crippen LogP contribution in [0.2, 0.25) is 0 Å². The highest BCUT2D eigenvalue weighted by atomic mass is 16.3. The lowest BCUT2D eigenvalue weighted by Gasteiger charge is -2.10. The number of benzene rings is 2. The van der Waals surface area contributed by atoms with E-state index < -0.39 is 0 Å². The maximum absolute atomic E-state index is 5.87. The highest BCUT2D eigenvalue weighted by molar-refractivity contribution is 6.05. The van der Waals surface area contributed by atoms with Crippen LogP contribution in [0.3, 0.4) is 0 Å². The summed E-state index contributed by atoms with van der Waals surface area (Å²) in [5.74, 6) is 0.385. The second-order valence-corrected chi connectivity index (χ2v) is 5.01. The lowest BCUT2D eigenvalue weighted by atomic mass is 9.94. The Bertz CT molecular complexity index is 777. The first-order chi connectivity index (χ1) is 9.83. The Morgan fingerprint density at radius 1 is 1.10 bits per heavy atom. The van der Waals surface area contributed by atoms with Crippen LogP contribution in [-0.2, 0) is 0 Å². The van der Waals surface area contributed by atoms with Crippen molar-refractivity contribution in [3.05, 3.63) is 72.8 Å². The Morgan fingerprint density at radius 2 is 1.90 bits per heavy atom. The van der Waals surface area contributed by atoms with Gasteiger partial charge in [0, 0.05) is 16.7 Å². The minimum atomic E-state index is 0.385. The minimum Gasteiger partial charge on any atom is -0.456 e. The summed E-state index contributed by atoms with van der Waals surface area (Å²) in [6.45, 7) is 5.92. The molecule has 100 valence electrons. The molecule has 0 amide bonds. The van der Waals surface area contributed by atoms with Crippen LogP contribution in [0.1, 0.15) is 24.8 Å². The van der Waals surface area contributed by atoms with E-state index in [0.29, 0.717) is 5.92 Å². The predicted molar refractivity (Wildman–Crippen MR) is 86.1 cm³/mol. The molecular weight excluding hydrogens is 244 g/mol. The summed E-state index contributed by atoms with van der Waals surface area (Å²) in [6.07, 6.45) is 7.25. The van der Waals surface area contributed by atoms with Crippen molar-refractivity contribution in [2.75, 3.05) is 0 Å². The molecule has 0 saturated heterocycles. The maximum atomic E-state index is 5.87. The summed E-state index contributed by atoms with van der Waals surface area (Å²) in [4.78, 5) is 0. The molecule has 0 spiro atoms. The van der Waals surface area contributed by atoms with Gasteiger partial charge in [-0.25, -0.2) is 0 Å². The number of allylic oxidation sites excluding steroid dienone is 3. The number of furan rings is 1. The van der Waals surface area contributed by atoms with Crippen LogP contribution in [0.15, 0.2) is 71.7 Å². The van der Waals surface area contributed by atoms with Crippen LogP contribution < -0.4 is 0 Å². The van der Waals surface area contributed by atoms with E-state index in [4.69, 9.17) is 4.42 Å². The highest BCUT2D eigenvalue weighted by Gasteiger charge is 2.11. The van der Waals surface area contributed by atoms with Gasteiger partial charge >= 0.3 is 0 Å². The summed E-state index contributed by atoms with van der Waals surface area (Å²) >= 11 is 0. The summed E-state index contributed by atoms with van der Waals surface area (Å²) in [5.41, 5.74) is 3.21. The molecular formula is C19H18O. The van der Waals surface area contributed by atoms with E-state index in [2.05, 4.69) is 56.0 Å². The first-order valence-electron chi connectivity index (χ1n) is 6.98. The Hall–Kier alpha value is -2.28. The van der Waals surface area contributed by atoms with E-state index in [-0.39, 0.29) is 0 Å². The van der Waals surface area contributed by atoms with Gasteiger partial charge in [0.2, 0.25) is 0 Å². The maximum Gasteiger partial charge on any atom is 0.135 e. The van der Waals surface area contributed by atoms with E-state index >= 15 is 0 Å². The largest absolute Gasteiger partial charge is 0.456 e. The van der Waals surface area contributed by atoms with Crippen molar-refractivity contribution in [2.24, 2.45) is 0 Å². The van der Waals surface area contributed by atoms with Gasteiger partial charge in [-0.3, -0.25) is 0 Å². The fraction of sp³-hybridized carbons (Fsp3) is 0.158. The van der Waals surface area contributed by atoms with Crippen LogP contribution in [0.5, 0.6) is 0 Å². The third-order valence-corrected chi connectivity index (χ3v) is 3.67.